The van der Waals surface area contributed by atoms with Gasteiger partial charge in [0, 0.05) is 19.6 Å². The minimum Gasteiger partial charge on any atom is -0.308 e. The van der Waals surface area contributed by atoms with Gasteiger partial charge >= 0.3 is 0 Å². The van der Waals surface area contributed by atoms with Crippen molar-refractivity contribution >= 4 is 0 Å². The molecule has 1 aliphatic heterocycles. The standard InChI is InChI=1S/C16H30N2/c1-17(2)10-11-18-9-3-8-16(13-18)12-14-4-6-15(16)7-5-14/h14-15H,3-13H2,1-2H3. The number of piperidine rings is 1. The van der Waals surface area contributed by atoms with Crippen LogP contribution >= 0.6 is 0 Å². The van der Waals surface area contributed by atoms with Crippen molar-refractivity contribution in [3.05, 3.63) is 0 Å². The molecule has 0 amide bonds. The maximum absolute atomic E-state index is 2.77. The molecule has 0 N–H and O–H groups in total. The highest BCUT2D eigenvalue weighted by atomic mass is 15.2. The zero-order valence-electron chi connectivity index (χ0n) is 12.3. The van der Waals surface area contributed by atoms with Gasteiger partial charge in [-0.05, 0) is 70.0 Å². The third-order valence-corrected chi connectivity index (χ3v) is 5.96. The van der Waals surface area contributed by atoms with Gasteiger partial charge in [-0.25, -0.2) is 0 Å². The van der Waals surface area contributed by atoms with Gasteiger partial charge in [0.2, 0.25) is 0 Å². The van der Waals surface area contributed by atoms with Gasteiger partial charge < -0.3 is 9.80 Å². The van der Waals surface area contributed by atoms with E-state index in [0.29, 0.717) is 0 Å². The second-order valence-corrected chi connectivity index (χ2v) is 7.47. The van der Waals surface area contributed by atoms with Gasteiger partial charge in [-0.1, -0.05) is 12.8 Å². The second-order valence-electron chi connectivity index (χ2n) is 7.47. The Kier molecular flexibility index (Phi) is 3.68. The van der Waals surface area contributed by atoms with Crippen LogP contribution in [0.1, 0.15) is 44.9 Å². The third-order valence-electron chi connectivity index (χ3n) is 5.96. The minimum absolute atomic E-state index is 0.742. The average molecular weight is 250 g/mol. The van der Waals surface area contributed by atoms with Gasteiger partial charge in [0.15, 0.2) is 0 Å². The summed E-state index contributed by atoms with van der Waals surface area (Å²) in [5, 5.41) is 0. The molecular weight excluding hydrogens is 220 g/mol. The van der Waals surface area contributed by atoms with E-state index in [-0.39, 0.29) is 0 Å². The first-order valence-corrected chi connectivity index (χ1v) is 8.05. The summed E-state index contributed by atoms with van der Waals surface area (Å²) < 4.78 is 0. The molecule has 0 aromatic carbocycles. The van der Waals surface area contributed by atoms with Gasteiger partial charge in [-0.3, -0.25) is 0 Å². The van der Waals surface area contributed by atoms with Crippen molar-refractivity contribution in [2.75, 3.05) is 40.3 Å². The number of fused-ring (bicyclic) bond motifs is 2. The lowest BCUT2D eigenvalue weighted by Gasteiger charge is -2.56. The molecule has 1 heterocycles. The molecule has 0 radical (unpaired) electrons. The van der Waals surface area contributed by atoms with Gasteiger partial charge in [-0.2, -0.15) is 0 Å². The van der Waals surface area contributed by atoms with E-state index < -0.39 is 0 Å². The number of nitrogens with zero attached hydrogens (tertiary/aromatic N) is 2. The Morgan fingerprint density at radius 1 is 1.17 bits per heavy atom. The zero-order chi connectivity index (χ0) is 12.6. The van der Waals surface area contributed by atoms with Crippen molar-refractivity contribution in [2.24, 2.45) is 17.3 Å². The lowest BCUT2D eigenvalue weighted by molar-refractivity contribution is -0.0545. The van der Waals surface area contributed by atoms with Crippen molar-refractivity contribution in [3.63, 3.8) is 0 Å². The van der Waals surface area contributed by atoms with Gasteiger partial charge in [-0.15, -0.1) is 0 Å². The number of rotatable bonds is 3. The predicted molar refractivity (Wildman–Crippen MR) is 76.7 cm³/mol. The van der Waals surface area contributed by atoms with Gasteiger partial charge in [0.25, 0.3) is 0 Å². The van der Waals surface area contributed by atoms with Crippen LogP contribution in [-0.2, 0) is 0 Å². The molecule has 0 aromatic heterocycles. The molecule has 4 fully saturated rings. The maximum Gasteiger partial charge on any atom is 0.0109 e. The quantitative estimate of drug-likeness (QED) is 0.760. The molecule has 1 spiro atoms. The smallest absolute Gasteiger partial charge is 0.0109 e. The van der Waals surface area contributed by atoms with E-state index in [1.165, 1.54) is 39.0 Å². The van der Waals surface area contributed by atoms with Crippen LogP contribution in [0.3, 0.4) is 0 Å². The first kappa shape index (κ1) is 12.9. The van der Waals surface area contributed by atoms with Crippen LogP contribution in [0.4, 0.5) is 0 Å². The molecule has 1 saturated heterocycles. The molecular formula is C16H30N2. The van der Waals surface area contributed by atoms with Crippen LogP contribution in [-0.4, -0.2) is 50.1 Å². The molecule has 104 valence electrons. The predicted octanol–water partition coefficient (Wildman–Crippen LogP) is 2.84. The van der Waals surface area contributed by atoms with Crippen LogP contribution in [0.25, 0.3) is 0 Å². The molecule has 4 aliphatic rings. The lowest BCUT2D eigenvalue weighted by Crippen LogP contribution is -2.53. The van der Waals surface area contributed by atoms with Crippen molar-refractivity contribution in [2.45, 2.75) is 44.9 Å². The summed E-state index contributed by atoms with van der Waals surface area (Å²) in [6.07, 6.45) is 10.7. The Morgan fingerprint density at radius 2 is 1.94 bits per heavy atom. The largest absolute Gasteiger partial charge is 0.308 e. The van der Waals surface area contributed by atoms with Crippen molar-refractivity contribution in [3.8, 4) is 0 Å². The van der Waals surface area contributed by atoms with Crippen LogP contribution in [0.15, 0.2) is 0 Å². The summed E-state index contributed by atoms with van der Waals surface area (Å²) in [6.45, 7) is 5.28. The fourth-order valence-electron chi connectivity index (χ4n) is 5.01. The zero-order valence-corrected chi connectivity index (χ0v) is 12.3. The molecule has 0 aromatic rings. The molecule has 2 nitrogen and oxygen atoms in total. The highest BCUT2D eigenvalue weighted by Crippen LogP contribution is 2.56. The van der Waals surface area contributed by atoms with E-state index >= 15 is 0 Å². The Bertz CT molecular complexity index is 281. The Balaban J connectivity index is 1.62. The fraction of sp³-hybridized carbons (Fsp3) is 1.00. The molecule has 18 heavy (non-hydrogen) atoms. The van der Waals surface area contributed by atoms with E-state index in [2.05, 4.69) is 23.9 Å². The number of likely N-dealkylation sites (tertiary alicyclic amines) is 1. The van der Waals surface area contributed by atoms with E-state index in [1.54, 1.807) is 32.1 Å². The number of hydrogen-bond donors (Lipinski definition) is 0. The fourth-order valence-corrected chi connectivity index (χ4v) is 5.01. The molecule has 2 bridgehead atoms. The summed E-state index contributed by atoms with van der Waals surface area (Å²) in [4.78, 5) is 5.10. The minimum atomic E-state index is 0.742. The topological polar surface area (TPSA) is 6.48 Å². The van der Waals surface area contributed by atoms with Gasteiger partial charge in [0.05, 0.1) is 0 Å². The monoisotopic (exact) mass is 250 g/mol. The Morgan fingerprint density at radius 3 is 2.56 bits per heavy atom. The highest BCUT2D eigenvalue weighted by molar-refractivity contribution is 5.00. The summed E-state index contributed by atoms with van der Waals surface area (Å²) in [5.74, 6) is 2.16. The molecule has 1 atom stereocenters. The van der Waals surface area contributed by atoms with Crippen LogP contribution in [0.5, 0.6) is 0 Å². The van der Waals surface area contributed by atoms with E-state index in [9.17, 15) is 0 Å². The summed E-state index contributed by atoms with van der Waals surface area (Å²) in [6, 6.07) is 0. The van der Waals surface area contributed by atoms with Crippen molar-refractivity contribution in [1.82, 2.24) is 9.80 Å². The number of likely N-dealkylation sites (N-methyl/N-ethyl adjacent to an activating group) is 1. The molecule has 4 rings (SSSR count). The highest BCUT2D eigenvalue weighted by Gasteiger charge is 2.48. The molecule has 2 heteroatoms. The van der Waals surface area contributed by atoms with E-state index in [4.69, 9.17) is 0 Å². The average Bonchev–Trinajstić information content (AvgIpc) is 2.38. The molecule has 3 aliphatic carbocycles. The van der Waals surface area contributed by atoms with E-state index in [1.807, 2.05) is 0 Å². The maximum atomic E-state index is 2.77. The van der Waals surface area contributed by atoms with Crippen molar-refractivity contribution in [1.29, 1.82) is 0 Å². The SMILES string of the molecule is CN(C)CCN1CCCC2(CC3CCC2CC3)C1. The van der Waals surface area contributed by atoms with Crippen LogP contribution in [0, 0.1) is 17.3 Å². The first-order valence-electron chi connectivity index (χ1n) is 8.05. The Hall–Kier alpha value is -0.0800. The molecule has 1 unspecified atom stereocenters. The summed E-state index contributed by atoms with van der Waals surface area (Å²) in [7, 11) is 4.39. The Labute approximate surface area is 113 Å². The van der Waals surface area contributed by atoms with Gasteiger partial charge in [0.1, 0.15) is 0 Å². The third kappa shape index (κ3) is 2.46. The van der Waals surface area contributed by atoms with Crippen molar-refractivity contribution < 1.29 is 0 Å². The second kappa shape index (κ2) is 5.13. The lowest BCUT2D eigenvalue weighted by atomic mass is 9.53. The normalized spacial score (nSPS) is 40.8. The first-order chi connectivity index (χ1) is 8.68. The molecule has 3 saturated carbocycles. The van der Waals surface area contributed by atoms with Crippen LogP contribution < -0.4 is 0 Å². The van der Waals surface area contributed by atoms with Crippen LogP contribution in [0.2, 0.25) is 0 Å². The van der Waals surface area contributed by atoms with E-state index in [0.717, 1.165) is 17.3 Å². The summed E-state index contributed by atoms with van der Waals surface area (Å²) in [5.41, 5.74) is 0.742. The number of hydrogen-bond acceptors (Lipinski definition) is 2. The summed E-state index contributed by atoms with van der Waals surface area (Å²) >= 11 is 0.